The highest BCUT2D eigenvalue weighted by atomic mass is 16.3. The van der Waals surface area contributed by atoms with Gasteiger partial charge in [0.25, 0.3) is 0 Å². The van der Waals surface area contributed by atoms with Crippen molar-refractivity contribution < 1.29 is 9.90 Å². The second-order valence-electron chi connectivity index (χ2n) is 4.85. The number of nitrogens with one attached hydrogen (secondary N) is 1. The van der Waals surface area contributed by atoms with Gasteiger partial charge >= 0.3 is 6.03 Å². The molecule has 14 heavy (non-hydrogen) atoms. The molecule has 0 radical (unpaired) electrons. The molecule has 1 fully saturated rings. The Hall–Kier alpha value is -0.770. The summed E-state index contributed by atoms with van der Waals surface area (Å²) < 4.78 is 0. The maximum absolute atomic E-state index is 11.7. The summed E-state index contributed by atoms with van der Waals surface area (Å²) in [4.78, 5) is 13.5. The molecule has 82 valence electrons. The van der Waals surface area contributed by atoms with E-state index < -0.39 is 0 Å². The van der Waals surface area contributed by atoms with Gasteiger partial charge in [0.2, 0.25) is 0 Å². The highest BCUT2D eigenvalue weighted by Crippen LogP contribution is 2.17. The van der Waals surface area contributed by atoms with Crippen LogP contribution in [0.2, 0.25) is 0 Å². The molecule has 4 nitrogen and oxygen atoms in total. The maximum Gasteiger partial charge on any atom is 0.318 e. The van der Waals surface area contributed by atoms with Gasteiger partial charge in [-0.25, -0.2) is 4.79 Å². The van der Waals surface area contributed by atoms with E-state index >= 15 is 0 Å². The Morgan fingerprint density at radius 1 is 1.57 bits per heavy atom. The number of likely N-dealkylation sites (tertiary alicyclic amines) is 1. The van der Waals surface area contributed by atoms with Crippen molar-refractivity contribution in [3.63, 3.8) is 0 Å². The Morgan fingerprint density at radius 3 is 2.71 bits per heavy atom. The minimum Gasteiger partial charge on any atom is -0.394 e. The van der Waals surface area contributed by atoms with Gasteiger partial charge in [0.1, 0.15) is 0 Å². The Balaban J connectivity index is 2.52. The van der Waals surface area contributed by atoms with Crippen LogP contribution in [0.15, 0.2) is 0 Å². The third kappa shape index (κ3) is 2.87. The summed E-state index contributed by atoms with van der Waals surface area (Å²) in [5.74, 6) is 0. The molecule has 0 spiro atoms. The molecule has 0 bridgehead atoms. The average Bonchev–Trinajstić information content (AvgIpc) is 2.47. The van der Waals surface area contributed by atoms with Crippen LogP contribution in [0.4, 0.5) is 4.79 Å². The normalized spacial score (nSPS) is 22.6. The van der Waals surface area contributed by atoms with Gasteiger partial charge in [-0.3, -0.25) is 0 Å². The first-order valence-electron chi connectivity index (χ1n) is 5.13. The molecule has 0 saturated carbocycles. The Kier molecular flexibility index (Phi) is 3.37. The number of aliphatic hydroxyl groups is 1. The topological polar surface area (TPSA) is 52.6 Å². The molecule has 4 heteroatoms. The molecule has 1 saturated heterocycles. The highest BCUT2D eigenvalue weighted by Gasteiger charge is 2.29. The smallest absolute Gasteiger partial charge is 0.318 e. The van der Waals surface area contributed by atoms with Crippen molar-refractivity contribution in [3.8, 4) is 0 Å². The van der Waals surface area contributed by atoms with E-state index in [1.54, 1.807) is 4.90 Å². The molecule has 0 aromatic heterocycles. The van der Waals surface area contributed by atoms with Crippen molar-refractivity contribution in [2.24, 2.45) is 0 Å². The number of hydrogen-bond acceptors (Lipinski definition) is 2. The van der Waals surface area contributed by atoms with Gasteiger partial charge in [-0.15, -0.1) is 0 Å². The lowest BCUT2D eigenvalue weighted by atomic mass is 10.1. The fourth-order valence-corrected chi connectivity index (χ4v) is 1.69. The summed E-state index contributed by atoms with van der Waals surface area (Å²) in [5, 5.41) is 12.0. The van der Waals surface area contributed by atoms with Gasteiger partial charge in [0.05, 0.1) is 12.6 Å². The van der Waals surface area contributed by atoms with Gasteiger partial charge in [-0.1, -0.05) is 0 Å². The summed E-state index contributed by atoms with van der Waals surface area (Å²) in [6, 6.07) is -0.0496. The van der Waals surface area contributed by atoms with Crippen molar-refractivity contribution in [1.29, 1.82) is 0 Å². The monoisotopic (exact) mass is 200 g/mol. The van der Waals surface area contributed by atoms with E-state index in [1.807, 2.05) is 20.8 Å². The summed E-state index contributed by atoms with van der Waals surface area (Å²) in [6.07, 6.45) is 1.90. The first kappa shape index (κ1) is 11.3. The molecule has 1 rings (SSSR count). The second kappa shape index (κ2) is 4.17. The lowest BCUT2D eigenvalue weighted by molar-refractivity contribution is 0.151. The van der Waals surface area contributed by atoms with Gasteiger partial charge in [-0.2, -0.15) is 0 Å². The first-order chi connectivity index (χ1) is 6.44. The van der Waals surface area contributed by atoms with Crippen molar-refractivity contribution in [2.45, 2.75) is 45.2 Å². The molecule has 0 unspecified atom stereocenters. The van der Waals surface area contributed by atoms with Crippen LogP contribution in [0.1, 0.15) is 33.6 Å². The minimum absolute atomic E-state index is 0.0114. The number of urea groups is 1. The van der Waals surface area contributed by atoms with Crippen molar-refractivity contribution in [3.05, 3.63) is 0 Å². The van der Waals surface area contributed by atoms with Gasteiger partial charge in [0.15, 0.2) is 0 Å². The third-order valence-electron chi connectivity index (χ3n) is 2.33. The highest BCUT2D eigenvalue weighted by molar-refractivity contribution is 5.75. The summed E-state index contributed by atoms with van der Waals surface area (Å²) in [6.45, 7) is 6.68. The number of amides is 2. The zero-order valence-electron chi connectivity index (χ0n) is 9.21. The average molecular weight is 200 g/mol. The Labute approximate surface area is 85.3 Å². The largest absolute Gasteiger partial charge is 0.394 e. The predicted molar refractivity (Wildman–Crippen MR) is 55.1 cm³/mol. The van der Waals surface area contributed by atoms with E-state index in [4.69, 9.17) is 5.11 Å². The molecule has 2 N–H and O–H groups in total. The zero-order valence-corrected chi connectivity index (χ0v) is 9.21. The molecule has 0 aromatic rings. The van der Waals surface area contributed by atoms with E-state index in [2.05, 4.69) is 5.32 Å². The van der Waals surface area contributed by atoms with Crippen LogP contribution < -0.4 is 5.32 Å². The fourth-order valence-electron chi connectivity index (χ4n) is 1.69. The molecular weight excluding hydrogens is 180 g/mol. The van der Waals surface area contributed by atoms with E-state index in [0.717, 1.165) is 19.4 Å². The van der Waals surface area contributed by atoms with Crippen molar-refractivity contribution in [1.82, 2.24) is 10.2 Å². The first-order valence-corrected chi connectivity index (χ1v) is 5.13. The molecule has 1 atom stereocenters. The van der Waals surface area contributed by atoms with Crippen molar-refractivity contribution in [2.75, 3.05) is 13.2 Å². The predicted octanol–water partition coefficient (Wildman–Crippen LogP) is 0.951. The standard InChI is InChI=1S/C10H20N2O2/c1-10(2,3)11-9(14)12-6-4-5-8(12)7-13/h8,13H,4-7H2,1-3H3,(H,11,14)/t8-/m0/s1. The molecular formula is C10H20N2O2. The Morgan fingerprint density at radius 2 is 2.21 bits per heavy atom. The Bertz CT molecular complexity index is 211. The fraction of sp³-hybridized carbons (Fsp3) is 0.900. The molecule has 2 amide bonds. The number of rotatable bonds is 1. The lowest BCUT2D eigenvalue weighted by Gasteiger charge is -2.28. The number of hydrogen-bond donors (Lipinski definition) is 2. The molecule has 1 heterocycles. The number of aliphatic hydroxyl groups excluding tert-OH is 1. The number of carbonyl (C=O) groups excluding carboxylic acids is 1. The zero-order chi connectivity index (χ0) is 10.8. The molecule has 1 aliphatic rings. The molecule has 0 aromatic carbocycles. The van der Waals surface area contributed by atoms with Crippen LogP contribution in [-0.4, -0.2) is 40.8 Å². The molecule has 1 aliphatic heterocycles. The van der Waals surface area contributed by atoms with E-state index in [1.165, 1.54) is 0 Å². The lowest BCUT2D eigenvalue weighted by Crippen LogP contribution is -2.50. The van der Waals surface area contributed by atoms with Crippen LogP contribution in [0.25, 0.3) is 0 Å². The van der Waals surface area contributed by atoms with Crippen molar-refractivity contribution >= 4 is 6.03 Å². The quantitative estimate of drug-likeness (QED) is 0.662. The van der Waals surface area contributed by atoms with Crippen LogP contribution in [-0.2, 0) is 0 Å². The van der Waals surface area contributed by atoms with Gasteiger partial charge < -0.3 is 15.3 Å². The summed E-state index contributed by atoms with van der Waals surface area (Å²) in [5.41, 5.74) is -0.209. The van der Waals surface area contributed by atoms with Crippen LogP contribution in [0, 0.1) is 0 Å². The van der Waals surface area contributed by atoms with Gasteiger partial charge in [0, 0.05) is 12.1 Å². The van der Waals surface area contributed by atoms with Crippen LogP contribution in [0.5, 0.6) is 0 Å². The maximum atomic E-state index is 11.7. The van der Waals surface area contributed by atoms with Crippen LogP contribution in [0.3, 0.4) is 0 Å². The summed E-state index contributed by atoms with van der Waals surface area (Å²) in [7, 11) is 0. The summed E-state index contributed by atoms with van der Waals surface area (Å²) >= 11 is 0. The second-order valence-corrected chi connectivity index (χ2v) is 4.85. The molecule has 0 aliphatic carbocycles. The van der Waals surface area contributed by atoms with Gasteiger partial charge in [-0.05, 0) is 33.6 Å². The van der Waals surface area contributed by atoms with Crippen LogP contribution >= 0.6 is 0 Å². The van der Waals surface area contributed by atoms with E-state index in [-0.39, 0.29) is 24.2 Å². The van der Waals surface area contributed by atoms with E-state index in [0.29, 0.717) is 0 Å². The SMILES string of the molecule is CC(C)(C)NC(=O)N1CCC[C@H]1CO. The third-order valence-corrected chi connectivity index (χ3v) is 2.33. The van der Waals surface area contributed by atoms with E-state index in [9.17, 15) is 4.79 Å². The number of carbonyl (C=O) groups is 1. The number of nitrogens with zero attached hydrogens (tertiary/aromatic N) is 1. The minimum atomic E-state index is -0.209.